The van der Waals surface area contributed by atoms with Gasteiger partial charge in [-0.1, -0.05) is 24.3 Å². The quantitative estimate of drug-likeness (QED) is 0.634. The molecule has 0 unspecified atom stereocenters. The van der Waals surface area contributed by atoms with Gasteiger partial charge in [-0.3, -0.25) is 9.59 Å². The van der Waals surface area contributed by atoms with Gasteiger partial charge in [0.05, 0.1) is 16.8 Å². The monoisotopic (exact) mass is 406 g/mol. The van der Waals surface area contributed by atoms with E-state index in [2.05, 4.69) is 5.32 Å². The fourth-order valence-electron chi connectivity index (χ4n) is 3.64. The Balaban J connectivity index is 1.38. The number of carbonyl (C=O) groups excluding carboxylic acids is 2. The molecule has 0 bridgehead atoms. The average Bonchev–Trinajstić information content (AvgIpc) is 3.45. The highest BCUT2D eigenvalue weighted by Crippen LogP contribution is 2.25. The molecular formula is C24H23FN2O3. The van der Waals surface area contributed by atoms with Crippen molar-refractivity contribution in [1.29, 1.82) is 0 Å². The molecule has 1 fully saturated rings. The Morgan fingerprint density at radius 1 is 0.967 bits per heavy atom. The van der Waals surface area contributed by atoms with Gasteiger partial charge in [-0.05, 0) is 49.2 Å². The molecule has 1 N–H and O–H groups in total. The minimum Gasteiger partial charge on any atom is -0.461 e. The molecule has 0 spiro atoms. The predicted octanol–water partition coefficient (Wildman–Crippen LogP) is 4.89. The van der Waals surface area contributed by atoms with Gasteiger partial charge in [-0.15, -0.1) is 0 Å². The van der Waals surface area contributed by atoms with Gasteiger partial charge in [0.15, 0.2) is 0 Å². The molecule has 1 aliphatic heterocycles. The second-order valence-electron chi connectivity index (χ2n) is 7.34. The minimum absolute atomic E-state index is 0.0519. The lowest BCUT2D eigenvalue weighted by molar-refractivity contribution is -0.116. The number of amides is 2. The van der Waals surface area contributed by atoms with Gasteiger partial charge >= 0.3 is 0 Å². The smallest absolute Gasteiger partial charge is 0.255 e. The number of nitrogens with zero attached hydrogens (tertiary/aromatic N) is 1. The second kappa shape index (κ2) is 8.95. The van der Waals surface area contributed by atoms with Crippen molar-refractivity contribution in [3.8, 4) is 11.3 Å². The standard InChI is InChI=1S/C24H23FN2O3/c25-20-9-3-1-7-18(20)22-13-11-17(30-22)12-14-23(28)26-21-10-4-2-8-19(21)24(29)27-15-5-6-16-27/h1-4,7-11,13H,5-6,12,14-16H2,(H,26,28). The Bertz CT molecular complexity index is 1050. The molecule has 0 radical (unpaired) electrons. The first-order valence-electron chi connectivity index (χ1n) is 10.1. The van der Waals surface area contributed by atoms with Crippen LogP contribution >= 0.6 is 0 Å². The van der Waals surface area contributed by atoms with E-state index in [4.69, 9.17) is 4.42 Å². The number of rotatable bonds is 6. The van der Waals surface area contributed by atoms with Crippen LogP contribution in [-0.4, -0.2) is 29.8 Å². The fraction of sp³-hybridized carbons (Fsp3) is 0.250. The Hall–Kier alpha value is -3.41. The Morgan fingerprint density at radius 3 is 2.50 bits per heavy atom. The lowest BCUT2D eigenvalue weighted by atomic mass is 10.1. The molecule has 0 saturated carbocycles. The topological polar surface area (TPSA) is 62.6 Å². The van der Waals surface area contributed by atoms with Gasteiger partial charge in [0.1, 0.15) is 17.3 Å². The number of likely N-dealkylation sites (tertiary alicyclic amines) is 1. The maximum Gasteiger partial charge on any atom is 0.255 e. The summed E-state index contributed by atoms with van der Waals surface area (Å²) in [5.41, 5.74) is 1.42. The lowest BCUT2D eigenvalue weighted by Crippen LogP contribution is -2.28. The van der Waals surface area contributed by atoms with Crippen LogP contribution in [0.4, 0.5) is 10.1 Å². The highest BCUT2D eigenvalue weighted by Gasteiger charge is 2.22. The SMILES string of the molecule is O=C(CCc1ccc(-c2ccccc2F)o1)Nc1ccccc1C(=O)N1CCCC1. The maximum atomic E-state index is 13.9. The van der Waals surface area contributed by atoms with Crippen molar-refractivity contribution in [2.45, 2.75) is 25.7 Å². The second-order valence-corrected chi connectivity index (χ2v) is 7.34. The van der Waals surface area contributed by atoms with Crippen LogP contribution in [-0.2, 0) is 11.2 Å². The zero-order valence-electron chi connectivity index (χ0n) is 16.6. The van der Waals surface area contributed by atoms with E-state index in [-0.39, 0.29) is 24.1 Å². The van der Waals surface area contributed by atoms with Crippen molar-refractivity contribution in [3.05, 3.63) is 77.8 Å². The number of carbonyl (C=O) groups is 2. The number of halogens is 1. The molecule has 2 heterocycles. The first-order chi connectivity index (χ1) is 14.6. The first kappa shape index (κ1) is 19.9. The van der Waals surface area contributed by atoms with Crippen LogP contribution in [0.15, 0.2) is 65.1 Å². The molecule has 5 nitrogen and oxygen atoms in total. The molecule has 1 saturated heterocycles. The van der Waals surface area contributed by atoms with Crippen molar-refractivity contribution in [2.24, 2.45) is 0 Å². The van der Waals surface area contributed by atoms with E-state index in [0.717, 1.165) is 25.9 Å². The third kappa shape index (κ3) is 4.43. The van der Waals surface area contributed by atoms with E-state index in [1.807, 2.05) is 4.90 Å². The van der Waals surface area contributed by atoms with Crippen LogP contribution in [0.2, 0.25) is 0 Å². The van der Waals surface area contributed by atoms with Crippen molar-refractivity contribution >= 4 is 17.5 Å². The number of aryl methyl sites for hydroxylation is 1. The van der Waals surface area contributed by atoms with Gasteiger partial charge < -0.3 is 14.6 Å². The number of hydrogen-bond acceptors (Lipinski definition) is 3. The molecule has 4 rings (SSSR count). The fourth-order valence-corrected chi connectivity index (χ4v) is 3.64. The van der Waals surface area contributed by atoms with Crippen LogP contribution in [0, 0.1) is 5.82 Å². The van der Waals surface area contributed by atoms with Gasteiger partial charge in [0.25, 0.3) is 5.91 Å². The molecule has 1 aliphatic rings. The number of anilines is 1. The van der Waals surface area contributed by atoms with Crippen molar-refractivity contribution in [1.82, 2.24) is 4.90 Å². The van der Waals surface area contributed by atoms with Gasteiger partial charge in [0, 0.05) is 25.9 Å². The summed E-state index contributed by atoms with van der Waals surface area (Å²) >= 11 is 0. The number of nitrogens with one attached hydrogen (secondary N) is 1. The summed E-state index contributed by atoms with van der Waals surface area (Å²) in [6.07, 6.45) is 2.59. The molecule has 3 aromatic rings. The molecule has 0 aliphatic carbocycles. The molecule has 30 heavy (non-hydrogen) atoms. The molecule has 0 atom stereocenters. The van der Waals surface area contributed by atoms with Gasteiger partial charge in [-0.2, -0.15) is 0 Å². The number of furan rings is 1. The van der Waals surface area contributed by atoms with E-state index < -0.39 is 0 Å². The van der Waals surface area contributed by atoms with Crippen LogP contribution in [0.3, 0.4) is 0 Å². The van der Waals surface area contributed by atoms with Crippen molar-refractivity contribution in [3.63, 3.8) is 0 Å². The lowest BCUT2D eigenvalue weighted by Gasteiger charge is -2.17. The number of para-hydroxylation sites is 1. The Labute approximate surface area is 174 Å². The highest BCUT2D eigenvalue weighted by molar-refractivity contribution is 6.03. The molecular weight excluding hydrogens is 383 g/mol. The molecule has 154 valence electrons. The number of hydrogen-bond donors (Lipinski definition) is 1. The summed E-state index contributed by atoms with van der Waals surface area (Å²) in [6.45, 7) is 1.51. The summed E-state index contributed by atoms with van der Waals surface area (Å²) in [4.78, 5) is 27.0. The van der Waals surface area contributed by atoms with Crippen LogP contribution in [0.1, 0.15) is 35.4 Å². The minimum atomic E-state index is -0.351. The summed E-state index contributed by atoms with van der Waals surface area (Å²) < 4.78 is 19.6. The predicted molar refractivity (Wildman–Crippen MR) is 113 cm³/mol. The molecule has 6 heteroatoms. The van der Waals surface area contributed by atoms with Crippen LogP contribution in [0.5, 0.6) is 0 Å². The molecule has 1 aromatic heterocycles. The van der Waals surface area contributed by atoms with Crippen molar-refractivity contribution < 1.29 is 18.4 Å². The van der Waals surface area contributed by atoms with E-state index in [0.29, 0.717) is 34.8 Å². The number of benzene rings is 2. The molecule has 2 aromatic carbocycles. The normalized spacial score (nSPS) is 13.4. The Kier molecular flexibility index (Phi) is 5.93. The summed E-state index contributed by atoms with van der Waals surface area (Å²) in [5, 5.41) is 2.84. The van der Waals surface area contributed by atoms with E-state index in [1.165, 1.54) is 6.07 Å². The van der Waals surface area contributed by atoms with Crippen LogP contribution < -0.4 is 5.32 Å². The summed E-state index contributed by atoms with van der Waals surface area (Å²) in [6, 6.07) is 16.9. The highest BCUT2D eigenvalue weighted by atomic mass is 19.1. The first-order valence-corrected chi connectivity index (χ1v) is 10.1. The van der Waals surface area contributed by atoms with E-state index >= 15 is 0 Å². The zero-order chi connectivity index (χ0) is 20.9. The third-order valence-electron chi connectivity index (χ3n) is 5.22. The Morgan fingerprint density at radius 2 is 1.70 bits per heavy atom. The van der Waals surface area contributed by atoms with Gasteiger partial charge in [-0.25, -0.2) is 4.39 Å². The largest absolute Gasteiger partial charge is 0.461 e. The maximum absolute atomic E-state index is 13.9. The van der Waals surface area contributed by atoms with E-state index in [1.54, 1.807) is 54.6 Å². The summed E-state index contributed by atoms with van der Waals surface area (Å²) in [5.74, 6) is 0.426. The van der Waals surface area contributed by atoms with Gasteiger partial charge in [0.2, 0.25) is 5.91 Å². The third-order valence-corrected chi connectivity index (χ3v) is 5.22. The summed E-state index contributed by atoms with van der Waals surface area (Å²) in [7, 11) is 0. The van der Waals surface area contributed by atoms with Crippen molar-refractivity contribution in [2.75, 3.05) is 18.4 Å². The zero-order valence-corrected chi connectivity index (χ0v) is 16.6. The van der Waals surface area contributed by atoms with Crippen LogP contribution in [0.25, 0.3) is 11.3 Å². The van der Waals surface area contributed by atoms with E-state index in [9.17, 15) is 14.0 Å². The average molecular weight is 406 g/mol. The molecule has 2 amide bonds.